The van der Waals surface area contributed by atoms with Gasteiger partial charge in [0.2, 0.25) is 0 Å². The van der Waals surface area contributed by atoms with Gasteiger partial charge in [0, 0.05) is 41.6 Å². The fourth-order valence-corrected chi connectivity index (χ4v) is 4.39. The number of carbonyl (C=O) groups excluding carboxylic acids is 1. The Labute approximate surface area is 121 Å². The van der Waals surface area contributed by atoms with Crippen molar-refractivity contribution in [3.8, 4) is 0 Å². The van der Waals surface area contributed by atoms with E-state index in [0.717, 1.165) is 12.3 Å². The summed E-state index contributed by atoms with van der Waals surface area (Å²) >= 11 is 3.67. The number of Topliss-reactive ketones (excluding diaryl/α,β-unsaturated/α-hetero) is 1. The maximum absolute atomic E-state index is 12.2. The second-order valence-corrected chi connectivity index (χ2v) is 6.96. The van der Waals surface area contributed by atoms with Gasteiger partial charge in [0.05, 0.1) is 0 Å². The number of nitrogens with one attached hydrogen (secondary N) is 1. The molecule has 2 aromatic rings. The van der Waals surface area contributed by atoms with Crippen LogP contribution in [0.15, 0.2) is 29.6 Å². The van der Waals surface area contributed by atoms with Gasteiger partial charge in [0.15, 0.2) is 0 Å². The van der Waals surface area contributed by atoms with Crippen LogP contribution in [0.4, 0.5) is 0 Å². The number of carbonyl (C=O) groups is 1. The summed E-state index contributed by atoms with van der Waals surface area (Å²) in [5, 5.41) is 6.80. The largest absolute Gasteiger partial charge is 0.312 e. The van der Waals surface area contributed by atoms with E-state index in [1.54, 1.807) is 11.3 Å². The molecule has 0 amide bonds. The molecule has 1 aromatic carbocycles. The lowest BCUT2D eigenvalue weighted by Gasteiger charge is -2.22. The van der Waals surface area contributed by atoms with Crippen molar-refractivity contribution in [3.63, 3.8) is 0 Å². The number of thiophene rings is 1. The first-order chi connectivity index (χ1) is 9.33. The SMILES string of the molecule is O=C(Cc1csc2ccccc12)CC1CSCCN1. The summed E-state index contributed by atoms with van der Waals surface area (Å²) in [5.74, 6) is 2.58. The third-order valence-electron chi connectivity index (χ3n) is 3.42. The second-order valence-electron chi connectivity index (χ2n) is 4.90. The van der Waals surface area contributed by atoms with Crippen LogP contribution in [0, 0.1) is 0 Å². The molecule has 1 fully saturated rings. The molecule has 0 aliphatic carbocycles. The van der Waals surface area contributed by atoms with Gasteiger partial charge in [-0.2, -0.15) is 11.8 Å². The standard InChI is InChI=1S/C15H17NOS2/c17-13(8-12-10-18-6-5-16-12)7-11-9-19-15-4-2-1-3-14(11)15/h1-4,9,12,16H,5-8,10H2. The molecular weight excluding hydrogens is 274 g/mol. The Morgan fingerprint density at radius 3 is 3.11 bits per heavy atom. The number of benzene rings is 1. The minimum Gasteiger partial charge on any atom is -0.312 e. The first-order valence-electron chi connectivity index (χ1n) is 6.61. The van der Waals surface area contributed by atoms with E-state index in [1.807, 2.05) is 23.9 Å². The summed E-state index contributed by atoms with van der Waals surface area (Å²) < 4.78 is 1.27. The molecule has 1 unspecified atom stereocenters. The Bertz CT molecular complexity index is 572. The summed E-state index contributed by atoms with van der Waals surface area (Å²) in [4.78, 5) is 12.2. The molecule has 2 heterocycles. The monoisotopic (exact) mass is 291 g/mol. The number of hydrogen-bond donors (Lipinski definition) is 1. The Hall–Kier alpha value is -0.840. The normalized spacial score (nSPS) is 19.7. The van der Waals surface area contributed by atoms with Crippen LogP contribution < -0.4 is 5.32 Å². The van der Waals surface area contributed by atoms with Crippen LogP contribution >= 0.6 is 23.1 Å². The molecule has 19 heavy (non-hydrogen) atoms. The average Bonchev–Trinajstić information content (AvgIpc) is 2.83. The Kier molecular flexibility index (Phi) is 4.21. The summed E-state index contributed by atoms with van der Waals surface area (Å²) in [7, 11) is 0. The van der Waals surface area contributed by atoms with Crippen LogP contribution in [0.5, 0.6) is 0 Å². The minimum absolute atomic E-state index is 0.351. The maximum Gasteiger partial charge on any atom is 0.138 e. The predicted molar refractivity (Wildman–Crippen MR) is 84.3 cm³/mol. The van der Waals surface area contributed by atoms with Crippen LogP contribution in [-0.2, 0) is 11.2 Å². The zero-order chi connectivity index (χ0) is 13.1. The fourth-order valence-electron chi connectivity index (χ4n) is 2.48. The van der Waals surface area contributed by atoms with Crippen LogP contribution in [0.25, 0.3) is 10.1 Å². The Balaban J connectivity index is 1.65. The molecule has 1 aliphatic heterocycles. The molecule has 0 radical (unpaired) electrons. The topological polar surface area (TPSA) is 29.1 Å². The van der Waals surface area contributed by atoms with E-state index in [1.165, 1.54) is 21.4 Å². The van der Waals surface area contributed by atoms with Gasteiger partial charge in [-0.05, 0) is 22.4 Å². The first kappa shape index (κ1) is 13.2. The highest BCUT2D eigenvalue weighted by Gasteiger charge is 2.17. The molecule has 0 saturated carbocycles. The number of ketones is 1. The zero-order valence-electron chi connectivity index (χ0n) is 10.7. The van der Waals surface area contributed by atoms with E-state index < -0.39 is 0 Å². The van der Waals surface area contributed by atoms with Crippen LogP contribution in [0.2, 0.25) is 0 Å². The average molecular weight is 291 g/mol. The molecule has 1 aliphatic rings. The summed E-state index contributed by atoms with van der Waals surface area (Å²) in [6, 6.07) is 8.70. The molecule has 0 spiro atoms. The van der Waals surface area contributed by atoms with Gasteiger partial charge in [-0.15, -0.1) is 11.3 Å². The molecule has 1 saturated heterocycles. The van der Waals surface area contributed by atoms with E-state index in [0.29, 0.717) is 24.7 Å². The van der Waals surface area contributed by atoms with Crippen LogP contribution in [-0.4, -0.2) is 29.9 Å². The summed E-state index contributed by atoms with van der Waals surface area (Å²) in [6.45, 7) is 1.03. The third-order valence-corrected chi connectivity index (χ3v) is 5.56. The molecule has 1 aromatic heterocycles. The van der Waals surface area contributed by atoms with Gasteiger partial charge in [0.1, 0.15) is 5.78 Å². The van der Waals surface area contributed by atoms with Crippen molar-refractivity contribution in [3.05, 3.63) is 35.2 Å². The van der Waals surface area contributed by atoms with Crippen molar-refractivity contribution in [2.75, 3.05) is 18.1 Å². The quantitative estimate of drug-likeness (QED) is 0.938. The van der Waals surface area contributed by atoms with E-state index in [-0.39, 0.29) is 0 Å². The number of rotatable bonds is 4. The van der Waals surface area contributed by atoms with Gasteiger partial charge >= 0.3 is 0 Å². The molecule has 2 nitrogen and oxygen atoms in total. The van der Waals surface area contributed by atoms with E-state index in [4.69, 9.17) is 0 Å². The van der Waals surface area contributed by atoms with Crippen molar-refractivity contribution in [2.45, 2.75) is 18.9 Å². The second kappa shape index (κ2) is 6.07. The van der Waals surface area contributed by atoms with E-state index >= 15 is 0 Å². The number of thioether (sulfide) groups is 1. The van der Waals surface area contributed by atoms with E-state index in [2.05, 4.69) is 22.8 Å². The first-order valence-corrected chi connectivity index (χ1v) is 8.64. The maximum atomic E-state index is 12.2. The molecule has 1 N–H and O–H groups in total. The van der Waals surface area contributed by atoms with Crippen LogP contribution in [0.3, 0.4) is 0 Å². The minimum atomic E-state index is 0.351. The lowest BCUT2D eigenvalue weighted by atomic mass is 10.0. The van der Waals surface area contributed by atoms with Crippen molar-refractivity contribution in [1.82, 2.24) is 5.32 Å². The van der Waals surface area contributed by atoms with Crippen LogP contribution in [0.1, 0.15) is 12.0 Å². The van der Waals surface area contributed by atoms with Gasteiger partial charge < -0.3 is 5.32 Å². The zero-order valence-corrected chi connectivity index (χ0v) is 12.4. The predicted octanol–water partition coefficient (Wildman–Crippen LogP) is 3.11. The third kappa shape index (κ3) is 3.19. The summed E-state index contributed by atoms with van der Waals surface area (Å²) in [6.07, 6.45) is 1.24. The molecule has 100 valence electrons. The van der Waals surface area contributed by atoms with Crippen molar-refractivity contribution in [1.29, 1.82) is 0 Å². The highest BCUT2D eigenvalue weighted by Crippen LogP contribution is 2.26. The smallest absolute Gasteiger partial charge is 0.138 e. The van der Waals surface area contributed by atoms with Crippen molar-refractivity contribution >= 4 is 39.0 Å². The lowest BCUT2D eigenvalue weighted by Crippen LogP contribution is -2.39. The molecule has 1 atom stereocenters. The molecule has 0 bridgehead atoms. The van der Waals surface area contributed by atoms with Gasteiger partial charge in [0.25, 0.3) is 0 Å². The highest BCUT2D eigenvalue weighted by atomic mass is 32.2. The summed E-state index contributed by atoms with van der Waals surface area (Å²) in [5.41, 5.74) is 1.19. The molecule has 3 rings (SSSR count). The van der Waals surface area contributed by atoms with Gasteiger partial charge in [-0.3, -0.25) is 4.79 Å². The lowest BCUT2D eigenvalue weighted by molar-refractivity contribution is -0.118. The molecular formula is C15H17NOS2. The highest BCUT2D eigenvalue weighted by molar-refractivity contribution is 7.99. The Morgan fingerprint density at radius 2 is 2.26 bits per heavy atom. The number of fused-ring (bicyclic) bond motifs is 1. The Morgan fingerprint density at radius 1 is 1.37 bits per heavy atom. The van der Waals surface area contributed by atoms with Crippen molar-refractivity contribution < 1.29 is 4.79 Å². The van der Waals surface area contributed by atoms with Gasteiger partial charge in [-0.25, -0.2) is 0 Å². The fraction of sp³-hybridized carbons (Fsp3) is 0.400. The van der Waals surface area contributed by atoms with Crippen molar-refractivity contribution in [2.24, 2.45) is 0 Å². The van der Waals surface area contributed by atoms with Gasteiger partial charge in [-0.1, -0.05) is 18.2 Å². The molecule has 4 heteroatoms. The number of hydrogen-bond acceptors (Lipinski definition) is 4. The van der Waals surface area contributed by atoms with E-state index in [9.17, 15) is 4.79 Å².